The molecule has 1 aliphatic carbocycles. The zero-order valence-electron chi connectivity index (χ0n) is 11.0. The van der Waals surface area contributed by atoms with Gasteiger partial charge in [0.25, 0.3) is 0 Å². The van der Waals surface area contributed by atoms with E-state index in [1.165, 1.54) is 42.8 Å². The van der Waals surface area contributed by atoms with Crippen molar-refractivity contribution in [2.75, 3.05) is 19.6 Å². The molecular formula is C14H24N2S. The molecule has 3 heteroatoms. The van der Waals surface area contributed by atoms with E-state index < -0.39 is 0 Å². The number of thiophene rings is 1. The second-order valence-corrected chi connectivity index (χ2v) is 6.11. The van der Waals surface area contributed by atoms with Gasteiger partial charge in [-0.15, -0.1) is 11.3 Å². The van der Waals surface area contributed by atoms with E-state index in [2.05, 4.69) is 30.2 Å². The molecule has 1 saturated carbocycles. The molecule has 0 amide bonds. The summed E-state index contributed by atoms with van der Waals surface area (Å²) in [5, 5.41) is 2.19. The molecule has 2 nitrogen and oxygen atoms in total. The van der Waals surface area contributed by atoms with E-state index in [4.69, 9.17) is 5.73 Å². The Balaban J connectivity index is 2.09. The van der Waals surface area contributed by atoms with Crippen LogP contribution < -0.4 is 5.73 Å². The first-order chi connectivity index (χ1) is 8.26. The molecule has 17 heavy (non-hydrogen) atoms. The van der Waals surface area contributed by atoms with Crippen molar-refractivity contribution in [1.29, 1.82) is 0 Å². The van der Waals surface area contributed by atoms with Crippen molar-refractivity contribution in [3.63, 3.8) is 0 Å². The predicted molar refractivity (Wildman–Crippen MR) is 75.4 cm³/mol. The van der Waals surface area contributed by atoms with Crippen molar-refractivity contribution in [3.05, 3.63) is 21.9 Å². The van der Waals surface area contributed by atoms with Crippen molar-refractivity contribution in [3.8, 4) is 0 Å². The number of rotatable bonds is 7. The van der Waals surface area contributed by atoms with Gasteiger partial charge >= 0.3 is 0 Å². The Kier molecular flexibility index (Phi) is 4.60. The minimum absolute atomic E-state index is 0.440. The molecule has 0 bridgehead atoms. The van der Waals surface area contributed by atoms with Crippen LogP contribution in [0.25, 0.3) is 0 Å². The molecule has 0 spiro atoms. The molecule has 1 aromatic heterocycles. The minimum atomic E-state index is 0.440. The summed E-state index contributed by atoms with van der Waals surface area (Å²) >= 11 is 1.86. The lowest BCUT2D eigenvalue weighted by Gasteiger charge is -2.30. The highest BCUT2D eigenvalue weighted by Gasteiger charge is 2.28. The third-order valence-electron chi connectivity index (χ3n) is 3.57. The zero-order valence-corrected chi connectivity index (χ0v) is 11.8. The van der Waals surface area contributed by atoms with Crippen molar-refractivity contribution < 1.29 is 0 Å². The van der Waals surface area contributed by atoms with Crippen LogP contribution in [0.4, 0.5) is 0 Å². The Morgan fingerprint density at radius 1 is 1.53 bits per heavy atom. The Hall–Kier alpha value is -0.380. The molecule has 0 aromatic carbocycles. The van der Waals surface area contributed by atoms with Gasteiger partial charge in [-0.3, -0.25) is 4.90 Å². The molecule has 0 radical (unpaired) electrons. The van der Waals surface area contributed by atoms with Crippen LogP contribution in [0, 0.1) is 12.8 Å². The zero-order chi connectivity index (χ0) is 12.3. The van der Waals surface area contributed by atoms with Crippen LogP contribution in [0.5, 0.6) is 0 Å². The second kappa shape index (κ2) is 5.98. The van der Waals surface area contributed by atoms with E-state index in [0.717, 1.165) is 12.5 Å². The number of aryl methyl sites for hydroxylation is 1. The molecule has 1 aliphatic rings. The summed E-state index contributed by atoms with van der Waals surface area (Å²) in [6.07, 6.45) is 4.05. The lowest BCUT2D eigenvalue weighted by Crippen LogP contribution is -2.35. The fraction of sp³-hybridized carbons (Fsp3) is 0.714. The van der Waals surface area contributed by atoms with Gasteiger partial charge in [0.2, 0.25) is 0 Å². The van der Waals surface area contributed by atoms with Crippen LogP contribution in [0.1, 0.15) is 42.7 Å². The summed E-state index contributed by atoms with van der Waals surface area (Å²) in [7, 11) is 0. The molecule has 1 unspecified atom stereocenters. The van der Waals surface area contributed by atoms with Crippen molar-refractivity contribution >= 4 is 11.3 Å². The molecule has 1 atom stereocenters. The van der Waals surface area contributed by atoms with Crippen molar-refractivity contribution in [2.24, 2.45) is 11.7 Å². The summed E-state index contributed by atoms with van der Waals surface area (Å²) in [4.78, 5) is 4.08. The largest absolute Gasteiger partial charge is 0.329 e. The van der Waals surface area contributed by atoms with E-state index in [-0.39, 0.29) is 0 Å². The molecule has 0 saturated heterocycles. The summed E-state index contributed by atoms with van der Waals surface area (Å²) < 4.78 is 0. The average Bonchev–Trinajstić information content (AvgIpc) is 3.03. The summed E-state index contributed by atoms with van der Waals surface area (Å²) in [5.41, 5.74) is 7.43. The SMILES string of the molecule is CCCN(CC1CC1)C(CN)c1sccc1C. The standard InChI is InChI=1S/C14H24N2S/c1-3-7-16(10-12-4-5-12)13(9-15)14-11(2)6-8-17-14/h6,8,12-13H,3-5,7,9-10,15H2,1-2H3. The fourth-order valence-electron chi connectivity index (χ4n) is 2.44. The second-order valence-electron chi connectivity index (χ2n) is 5.16. The first-order valence-corrected chi connectivity index (χ1v) is 7.62. The quantitative estimate of drug-likeness (QED) is 0.807. The summed E-state index contributed by atoms with van der Waals surface area (Å²) in [6, 6.07) is 2.65. The number of nitrogens with zero attached hydrogens (tertiary/aromatic N) is 1. The molecular weight excluding hydrogens is 228 g/mol. The smallest absolute Gasteiger partial charge is 0.0567 e. The van der Waals surface area contributed by atoms with E-state index in [1.807, 2.05) is 11.3 Å². The van der Waals surface area contributed by atoms with E-state index in [9.17, 15) is 0 Å². The Morgan fingerprint density at radius 3 is 2.76 bits per heavy atom. The molecule has 2 N–H and O–H groups in total. The van der Waals surface area contributed by atoms with Gasteiger partial charge in [-0.1, -0.05) is 6.92 Å². The maximum atomic E-state index is 6.03. The van der Waals surface area contributed by atoms with Gasteiger partial charge in [-0.25, -0.2) is 0 Å². The normalized spacial score (nSPS) is 17.6. The highest BCUT2D eigenvalue weighted by atomic mass is 32.1. The predicted octanol–water partition coefficient (Wildman–Crippen LogP) is 3.18. The lowest BCUT2D eigenvalue weighted by molar-refractivity contribution is 0.195. The lowest BCUT2D eigenvalue weighted by atomic mass is 10.1. The van der Waals surface area contributed by atoms with Crippen LogP contribution in [-0.2, 0) is 0 Å². The first-order valence-electron chi connectivity index (χ1n) is 6.74. The van der Waals surface area contributed by atoms with Crippen molar-refractivity contribution in [1.82, 2.24) is 4.90 Å². The van der Waals surface area contributed by atoms with Gasteiger partial charge in [0, 0.05) is 18.0 Å². The third kappa shape index (κ3) is 3.30. The number of hydrogen-bond acceptors (Lipinski definition) is 3. The van der Waals surface area contributed by atoms with Crippen LogP contribution in [0.15, 0.2) is 11.4 Å². The Bertz CT molecular complexity index is 344. The summed E-state index contributed by atoms with van der Waals surface area (Å²) in [6.45, 7) is 7.63. The highest BCUT2D eigenvalue weighted by molar-refractivity contribution is 7.10. The molecule has 0 aliphatic heterocycles. The van der Waals surface area contributed by atoms with Gasteiger partial charge < -0.3 is 5.73 Å². The van der Waals surface area contributed by atoms with Crippen LogP contribution in [0.2, 0.25) is 0 Å². The fourth-order valence-corrected chi connectivity index (χ4v) is 3.52. The molecule has 1 heterocycles. The molecule has 96 valence electrons. The monoisotopic (exact) mass is 252 g/mol. The Labute approximate surface area is 109 Å². The molecule has 1 aromatic rings. The molecule has 1 fully saturated rings. The van der Waals surface area contributed by atoms with Gasteiger partial charge in [0.1, 0.15) is 0 Å². The highest BCUT2D eigenvalue weighted by Crippen LogP contribution is 2.34. The van der Waals surface area contributed by atoms with Crippen LogP contribution in [-0.4, -0.2) is 24.5 Å². The minimum Gasteiger partial charge on any atom is -0.329 e. The van der Waals surface area contributed by atoms with Crippen LogP contribution >= 0.6 is 11.3 Å². The van der Waals surface area contributed by atoms with Gasteiger partial charge in [-0.2, -0.15) is 0 Å². The first kappa shape index (κ1) is 13.1. The van der Waals surface area contributed by atoms with Crippen LogP contribution in [0.3, 0.4) is 0 Å². The Morgan fingerprint density at radius 2 is 2.29 bits per heavy atom. The number of hydrogen-bond donors (Lipinski definition) is 1. The van der Waals surface area contributed by atoms with Gasteiger partial charge in [0.05, 0.1) is 6.04 Å². The molecule has 2 rings (SSSR count). The average molecular weight is 252 g/mol. The number of nitrogens with two attached hydrogens (primary N) is 1. The maximum absolute atomic E-state index is 6.03. The summed E-state index contributed by atoms with van der Waals surface area (Å²) in [5.74, 6) is 0.941. The van der Waals surface area contributed by atoms with E-state index in [1.54, 1.807) is 0 Å². The topological polar surface area (TPSA) is 29.3 Å². The third-order valence-corrected chi connectivity index (χ3v) is 4.69. The van der Waals surface area contributed by atoms with Gasteiger partial charge in [0.15, 0.2) is 0 Å². The van der Waals surface area contributed by atoms with E-state index >= 15 is 0 Å². The van der Waals surface area contributed by atoms with E-state index in [0.29, 0.717) is 6.04 Å². The van der Waals surface area contributed by atoms with Crippen molar-refractivity contribution in [2.45, 2.75) is 39.2 Å². The maximum Gasteiger partial charge on any atom is 0.0567 e. The van der Waals surface area contributed by atoms with Gasteiger partial charge in [-0.05, 0) is 55.7 Å².